The van der Waals surface area contributed by atoms with Gasteiger partial charge in [-0.15, -0.1) is 11.3 Å². The summed E-state index contributed by atoms with van der Waals surface area (Å²) in [4.78, 5) is 29.1. The van der Waals surface area contributed by atoms with Crippen molar-refractivity contribution in [1.82, 2.24) is 20.2 Å². The lowest BCUT2D eigenvalue weighted by Crippen LogP contribution is -2.50. The van der Waals surface area contributed by atoms with Gasteiger partial charge in [0.1, 0.15) is 16.5 Å². The minimum atomic E-state index is 0.178. The molecule has 1 N–H and O–H groups in total. The Kier molecular flexibility index (Phi) is 4.75. The van der Waals surface area contributed by atoms with Gasteiger partial charge in [-0.3, -0.25) is 9.69 Å². The van der Waals surface area contributed by atoms with Crippen LogP contribution in [0.2, 0.25) is 0 Å². The van der Waals surface area contributed by atoms with Crippen molar-refractivity contribution in [1.29, 1.82) is 0 Å². The SMILES string of the molecule is Cc1nc(N2CCN(CC(=O)NC3CC3)CC2)c2c3c(sc2n1)C[C@H](C)CC3. The van der Waals surface area contributed by atoms with Crippen LogP contribution < -0.4 is 10.2 Å². The Labute approximate surface area is 170 Å². The summed E-state index contributed by atoms with van der Waals surface area (Å²) in [5.41, 5.74) is 1.50. The summed E-state index contributed by atoms with van der Waals surface area (Å²) in [5, 5.41) is 4.40. The van der Waals surface area contributed by atoms with Crippen molar-refractivity contribution in [2.45, 2.75) is 52.0 Å². The van der Waals surface area contributed by atoms with E-state index < -0.39 is 0 Å². The third-order valence-electron chi connectivity index (χ3n) is 6.23. The number of carbonyl (C=O) groups is 1. The van der Waals surface area contributed by atoms with Crippen LogP contribution in [-0.4, -0.2) is 59.5 Å². The lowest BCUT2D eigenvalue weighted by atomic mass is 9.89. The fraction of sp³-hybridized carbons (Fsp3) is 0.667. The predicted octanol–water partition coefficient (Wildman–Crippen LogP) is 2.53. The smallest absolute Gasteiger partial charge is 0.234 e. The fourth-order valence-electron chi connectivity index (χ4n) is 4.48. The van der Waals surface area contributed by atoms with Crippen molar-refractivity contribution in [2.75, 3.05) is 37.6 Å². The molecule has 1 aliphatic heterocycles. The summed E-state index contributed by atoms with van der Waals surface area (Å²) < 4.78 is 0. The molecule has 28 heavy (non-hydrogen) atoms. The van der Waals surface area contributed by atoms with Gasteiger partial charge in [-0.2, -0.15) is 0 Å². The van der Waals surface area contributed by atoms with Gasteiger partial charge in [0.15, 0.2) is 0 Å². The molecule has 1 saturated carbocycles. The van der Waals surface area contributed by atoms with Gasteiger partial charge < -0.3 is 10.2 Å². The predicted molar refractivity (Wildman–Crippen MR) is 113 cm³/mol. The van der Waals surface area contributed by atoms with Crippen molar-refractivity contribution in [2.24, 2.45) is 5.92 Å². The lowest BCUT2D eigenvalue weighted by molar-refractivity contribution is -0.122. The highest BCUT2D eigenvalue weighted by atomic mass is 32.1. The third-order valence-corrected chi connectivity index (χ3v) is 7.38. The second-order valence-corrected chi connectivity index (χ2v) is 9.81. The minimum absolute atomic E-state index is 0.178. The Balaban J connectivity index is 1.34. The van der Waals surface area contributed by atoms with E-state index in [1.165, 1.54) is 28.7 Å². The first kappa shape index (κ1) is 18.3. The number of nitrogens with zero attached hydrogens (tertiary/aromatic N) is 4. The Morgan fingerprint density at radius 2 is 1.96 bits per heavy atom. The van der Waals surface area contributed by atoms with Crippen molar-refractivity contribution in [3.8, 4) is 0 Å². The number of aryl methyl sites for hydroxylation is 2. The molecule has 2 aromatic rings. The standard InChI is InChI=1S/C21H29N5OS/c1-13-3-6-16-17(11-13)28-21-19(16)20(22-14(2)23-21)26-9-7-25(8-10-26)12-18(27)24-15-4-5-15/h13,15H,3-12H2,1-2H3,(H,24,27)/t13-/m1/s1. The Bertz CT molecular complexity index is 898. The molecule has 0 aromatic carbocycles. The van der Waals surface area contributed by atoms with Crippen molar-refractivity contribution < 1.29 is 4.79 Å². The molecule has 150 valence electrons. The van der Waals surface area contributed by atoms with E-state index in [2.05, 4.69) is 22.0 Å². The summed E-state index contributed by atoms with van der Waals surface area (Å²) in [6.07, 6.45) is 5.88. The topological polar surface area (TPSA) is 61.4 Å². The molecule has 1 atom stereocenters. The third kappa shape index (κ3) is 3.62. The van der Waals surface area contributed by atoms with Gasteiger partial charge in [-0.25, -0.2) is 9.97 Å². The normalized spacial score (nSPS) is 23.1. The molecule has 2 fully saturated rings. The molecule has 1 saturated heterocycles. The number of aromatic nitrogens is 2. The van der Waals surface area contributed by atoms with Crippen molar-refractivity contribution >= 4 is 33.3 Å². The second-order valence-electron chi connectivity index (χ2n) is 8.73. The zero-order valence-corrected chi connectivity index (χ0v) is 17.6. The van der Waals surface area contributed by atoms with E-state index in [9.17, 15) is 4.79 Å². The quantitative estimate of drug-likeness (QED) is 0.856. The molecule has 7 heteroatoms. The molecular weight excluding hydrogens is 370 g/mol. The van der Waals surface area contributed by atoms with Gasteiger partial charge in [0, 0.05) is 37.1 Å². The van der Waals surface area contributed by atoms with E-state index in [1.807, 2.05) is 18.3 Å². The zero-order chi connectivity index (χ0) is 19.3. The highest BCUT2D eigenvalue weighted by Crippen LogP contribution is 2.41. The average Bonchev–Trinajstić information content (AvgIpc) is 3.39. The molecule has 1 amide bonds. The number of amides is 1. The molecular formula is C21H29N5OS. The molecule has 2 aliphatic carbocycles. The van der Waals surface area contributed by atoms with Gasteiger partial charge in [0.05, 0.1) is 11.9 Å². The average molecular weight is 400 g/mol. The number of hydrogen-bond donors (Lipinski definition) is 1. The Morgan fingerprint density at radius 1 is 1.18 bits per heavy atom. The van der Waals surface area contributed by atoms with Crippen LogP contribution in [0.1, 0.15) is 42.5 Å². The van der Waals surface area contributed by atoms with E-state index in [-0.39, 0.29) is 5.91 Å². The molecule has 2 aromatic heterocycles. The number of hydrogen-bond acceptors (Lipinski definition) is 6. The number of fused-ring (bicyclic) bond motifs is 3. The van der Waals surface area contributed by atoms with Gasteiger partial charge in [-0.1, -0.05) is 6.92 Å². The number of piperazine rings is 1. The number of carbonyl (C=O) groups excluding carboxylic acids is 1. The van der Waals surface area contributed by atoms with Gasteiger partial charge in [0.2, 0.25) is 5.91 Å². The molecule has 0 unspecified atom stereocenters. The number of nitrogens with one attached hydrogen (secondary N) is 1. The largest absolute Gasteiger partial charge is 0.353 e. The molecule has 0 radical (unpaired) electrons. The van der Waals surface area contributed by atoms with Crippen LogP contribution in [-0.2, 0) is 17.6 Å². The van der Waals surface area contributed by atoms with E-state index >= 15 is 0 Å². The highest BCUT2D eigenvalue weighted by Gasteiger charge is 2.28. The minimum Gasteiger partial charge on any atom is -0.353 e. The highest BCUT2D eigenvalue weighted by molar-refractivity contribution is 7.19. The van der Waals surface area contributed by atoms with Crippen LogP contribution in [0, 0.1) is 12.8 Å². The second kappa shape index (κ2) is 7.26. The van der Waals surface area contributed by atoms with Crippen molar-refractivity contribution in [3.05, 3.63) is 16.3 Å². The summed E-state index contributed by atoms with van der Waals surface area (Å²) in [7, 11) is 0. The van der Waals surface area contributed by atoms with E-state index in [0.717, 1.165) is 67.8 Å². The van der Waals surface area contributed by atoms with Crippen LogP contribution in [0.4, 0.5) is 5.82 Å². The Hall–Kier alpha value is -1.73. The summed E-state index contributed by atoms with van der Waals surface area (Å²) in [6, 6.07) is 0.443. The molecule has 5 rings (SSSR count). The lowest BCUT2D eigenvalue weighted by Gasteiger charge is -2.35. The van der Waals surface area contributed by atoms with Crippen LogP contribution in [0.3, 0.4) is 0 Å². The van der Waals surface area contributed by atoms with Crippen LogP contribution in [0.5, 0.6) is 0 Å². The van der Waals surface area contributed by atoms with Crippen LogP contribution in [0.25, 0.3) is 10.2 Å². The molecule has 3 heterocycles. The van der Waals surface area contributed by atoms with Gasteiger partial charge in [-0.05, 0) is 50.5 Å². The summed E-state index contributed by atoms with van der Waals surface area (Å²) >= 11 is 1.88. The maximum atomic E-state index is 12.1. The number of thiophene rings is 1. The van der Waals surface area contributed by atoms with Crippen LogP contribution >= 0.6 is 11.3 Å². The summed E-state index contributed by atoms with van der Waals surface area (Å²) in [6.45, 7) is 8.53. The number of rotatable bonds is 4. The van der Waals surface area contributed by atoms with Crippen molar-refractivity contribution in [3.63, 3.8) is 0 Å². The Morgan fingerprint density at radius 3 is 2.71 bits per heavy atom. The first-order chi connectivity index (χ1) is 13.6. The maximum Gasteiger partial charge on any atom is 0.234 e. The van der Waals surface area contributed by atoms with Gasteiger partial charge in [0.25, 0.3) is 0 Å². The monoisotopic (exact) mass is 399 g/mol. The first-order valence-electron chi connectivity index (χ1n) is 10.6. The summed E-state index contributed by atoms with van der Waals surface area (Å²) in [5.74, 6) is 2.93. The zero-order valence-electron chi connectivity index (χ0n) is 16.8. The molecule has 0 bridgehead atoms. The maximum absolute atomic E-state index is 12.1. The molecule has 0 spiro atoms. The van der Waals surface area contributed by atoms with E-state index in [1.54, 1.807) is 0 Å². The number of anilines is 1. The molecule has 3 aliphatic rings. The van der Waals surface area contributed by atoms with E-state index in [4.69, 9.17) is 9.97 Å². The fourth-order valence-corrected chi connectivity index (χ4v) is 5.90. The van der Waals surface area contributed by atoms with Gasteiger partial charge >= 0.3 is 0 Å². The molecule has 6 nitrogen and oxygen atoms in total. The first-order valence-corrected chi connectivity index (χ1v) is 11.4. The van der Waals surface area contributed by atoms with Crippen LogP contribution in [0.15, 0.2) is 0 Å². The van der Waals surface area contributed by atoms with E-state index in [0.29, 0.717) is 12.6 Å².